The highest BCUT2D eigenvalue weighted by atomic mass is 35.5. The molecule has 0 aliphatic carbocycles. The van der Waals surface area contributed by atoms with Crippen molar-refractivity contribution in [2.45, 2.75) is 30.2 Å². The smallest absolute Gasteiger partial charge is 0.227 e. The molecule has 0 aromatic heterocycles. The molecule has 1 aliphatic heterocycles. The lowest BCUT2D eigenvalue weighted by molar-refractivity contribution is -0.123. The monoisotopic (exact) mass is 411 g/mol. The molecule has 3 nitrogen and oxygen atoms in total. The summed E-state index contributed by atoms with van der Waals surface area (Å²) >= 11 is 8.00. The standard InChI is InChI=1S/C23H22ClNO2S/c1-14(15-3-4-17-12-19(27-2)7-5-16(17)11-15)23(26)25-21-9-10-28-22-8-6-18(24)13-20(21)22/h3-8,11-14,21H,9-10H2,1-2H3,(H,25,26)/t14-,21?/m0/s1. The molecule has 1 aliphatic rings. The van der Waals surface area contributed by atoms with E-state index < -0.39 is 0 Å². The molecule has 0 fully saturated rings. The van der Waals surface area contributed by atoms with Crippen LogP contribution in [-0.2, 0) is 4.79 Å². The third-order valence-electron chi connectivity index (χ3n) is 5.29. The van der Waals surface area contributed by atoms with E-state index in [1.807, 2.05) is 67.2 Å². The lowest BCUT2D eigenvalue weighted by atomic mass is 9.95. The minimum Gasteiger partial charge on any atom is -0.497 e. The molecule has 4 rings (SSSR count). The van der Waals surface area contributed by atoms with Gasteiger partial charge in [-0.2, -0.15) is 0 Å². The van der Waals surface area contributed by atoms with Crippen molar-refractivity contribution in [1.29, 1.82) is 0 Å². The zero-order chi connectivity index (χ0) is 19.7. The Morgan fingerprint density at radius 3 is 2.75 bits per heavy atom. The molecule has 3 aromatic carbocycles. The Bertz CT molecular complexity index is 1040. The van der Waals surface area contributed by atoms with Crippen LogP contribution in [-0.4, -0.2) is 18.8 Å². The Balaban J connectivity index is 1.54. The number of hydrogen-bond donors (Lipinski definition) is 1. The van der Waals surface area contributed by atoms with Crippen LogP contribution in [0.4, 0.5) is 0 Å². The van der Waals surface area contributed by atoms with Crippen LogP contribution < -0.4 is 10.1 Å². The lowest BCUT2D eigenvalue weighted by Crippen LogP contribution is -2.33. The fourth-order valence-electron chi connectivity index (χ4n) is 3.60. The Morgan fingerprint density at radius 1 is 1.14 bits per heavy atom. The highest BCUT2D eigenvalue weighted by Crippen LogP contribution is 2.38. The van der Waals surface area contributed by atoms with E-state index in [0.29, 0.717) is 5.02 Å². The van der Waals surface area contributed by atoms with Gasteiger partial charge in [-0.15, -0.1) is 11.8 Å². The van der Waals surface area contributed by atoms with Gasteiger partial charge in [0.25, 0.3) is 0 Å². The van der Waals surface area contributed by atoms with Gasteiger partial charge in [0, 0.05) is 15.7 Å². The summed E-state index contributed by atoms with van der Waals surface area (Å²) in [6.07, 6.45) is 0.911. The Kier molecular flexibility index (Phi) is 5.51. The zero-order valence-corrected chi connectivity index (χ0v) is 17.4. The fraction of sp³-hybridized carbons (Fsp3) is 0.261. The van der Waals surface area contributed by atoms with E-state index in [0.717, 1.165) is 39.8 Å². The van der Waals surface area contributed by atoms with Crippen molar-refractivity contribution in [2.75, 3.05) is 12.9 Å². The molecular weight excluding hydrogens is 390 g/mol. The number of ether oxygens (including phenoxy) is 1. The van der Waals surface area contributed by atoms with Crippen molar-refractivity contribution in [3.05, 3.63) is 70.7 Å². The van der Waals surface area contributed by atoms with E-state index in [-0.39, 0.29) is 17.9 Å². The van der Waals surface area contributed by atoms with Crippen molar-refractivity contribution in [3.8, 4) is 5.75 Å². The van der Waals surface area contributed by atoms with Gasteiger partial charge in [0.05, 0.1) is 19.1 Å². The second-order valence-corrected chi connectivity index (χ2v) is 8.65. The number of hydrogen-bond acceptors (Lipinski definition) is 3. The molecule has 1 N–H and O–H groups in total. The molecule has 1 amide bonds. The molecule has 0 saturated carbocycles. The number of halogens is 1. The summed E-state index contributed by atoms with van der Waals surface area (Å²) in [7, 11) is 1.66. The average molecular weight is 412 g/mol. The number of fused-ring (bicyclic) bond motifs is 2. The van der Waals surface area contributed by atoms with Crippen LogP contribution in [0.2, 0.25) is 5.02 Å². The summed E-state index contributed by atoms with van der Waals surface area (Å²) in [5.74, 6) is 1.63. The highest BCUT2D eigenvalue weighted by molar-refractivity contribution is 7.99. The SMILES string of the molecule is COc1ccc2cc([C@H](C)C(=O)NC3CCSc4ccc(Cl)cc43)ccc2c1. The van der Waals surface area contributed by atoms with E-state index >= 15 is 0 Å². The number of amides is 1. The number of benzene rings is 3. The summed E-state index contributed by atoms with van der Waals surface area (Å²) in [6.45, 7) is 1.95. The second kappa shape index (κ2) is 8.06. The van der Waals surface area contributed by atoms with Crippen molar-refractivity contribution >= 4 is 40.0 Å². The Labute approximate surface area is 174 Å². The molecule has 5 heteroatoms. The normalized spacial score (nSPS) is 17.0. The number of carbonyl (C=O) groups is 1. The van der Waals surface area contributed by atoms with Crippen LogP contribution in [0.25, 0.3) is 10.8 Å². The van der Waals surface area contributed by atoms with E-state index in [4.69, 9.17) is 16.3 Å². The van der Waals surface area contributed by atoms with E-state index in [1.165, 1.54) is 4.90 Å². The summed E-state index contributed by atoms with van der Waals surface area (Å²) < 4.78 is 5.28. The van der Waals surface area contributed by atoms with Gasteiger partial charge < -0.3 is 10.1 Å². The maximum absolute atomic E-state index is 13.0. The number of rotatable bonds is 4. The summed E-state index contributed by atoms with van der Waals surface area (Å²) in [4.78, 5) is 14.2. The quantitative estimate of drug-likeness (QED) is 0.575. The third kappa shape index (κ3) is 3.85. The first-order valence-electron chi connectivity index (χ1n) is 9.35. The van der Waals surface area contributed by atoms with Crippen molar-refractivity contribution < 1.29 is 9.53 Å². The maximum atomic E-state index is 13.0. The van der Waals surface area contributed by atoms with Crippen LogP contribution >= 0.6 is 23.4 Å². The number of carbonyl (C=O) groups excluding carboxylic acids is 1. The molecule has 3 aromatic rings. The Morgan fingerprint density at radius 2 is 1.93 bits per heavy atom. The fourth-order valence-corrected chi connectivity index (χ4v) is 4.89. The molecule has 1 unspecified atom stereocenters. The summed E-state index contributed by atoms with van der Waals surface area (Å²) in [5.41, 5.74) is 2.13. The summed E-state index contributed by atoms with van der Waals surface area (Å²) in [5, 5.41) is 6.14. The van der Waals surface area contributed by atoms with Gasteiger partial charge in [-0.25, -0.2) is 0 Å². The molecule has 144 valence electrons. The summed E-state index contributed by atoms with van der Waals surface area (Å²) in [6, 6.07) is 18.1. The molecule has 28 heavy (non-hydrogen) atoms. The molecule has 0 radical (unpaired) electrons. The topological polar surface area (TPSA) is 38.3 Å². The van der Waals surface area contributed by atoms with Crippen molar-refractivity contribution in [2.24, 2.45) is 0 Å². The number of methoxy groups -OCH3 is 1. The average Bonchev–Trinajstić information content (AvgIpc) is 2.72. The predicted molar refractivity (Wildman–Crippen MR) is 117 cm³/mol. The predicted octanol–water partition coefficient (Wildman–Crippen LogP) is 5.96. The van der Waals surface area contributed by atoms with Gasteiger partial charge in [0.2, 0.25) is 5.91 Å². The molecule has 2 atom stereocenters. The van der Waals surface area contributed by atoms with Gasteiger partial charge in [-0.1, -0.05) is 35.9 Å². The number of nitrogens with one attached hydrogen (secondary N) is 1. The molecule has 0 bridgehead atoms. The van der Waals surface area contributed by atoms with Crippen LogP contribution in [0.1, 0.15) is 36.4 Å². The van der Waals surface area contributed by atoms with E-state index in [2.05, 4.69) is 11.4 Å². The molecule has 0 saturated heterocycles. The second-order valence-electron chi connectivity index (χ2n) is 7.07. The van der Waals surface area contributed by atoms with Gasteiger partial charge >= 0.3 is 0 Å². The molecule has 1 heterocycles. The number of thioether (sulfide) groups is 1. The lowest BCUT2D eigenvalue weighted by Gasteiger charge is -2.27. The maximum Gasteiger partial charge on any atom is 0.227 e. The molecule has 0 spiro atoms. The highest BCUT2D eigenvalue weighted by Gasteiger charge is 2.25. The van der Waals surface area contributed by atoms with E-state index in [1.54, 1.807) is 7.11 Å². The van der Waals surface area contributed by atoms with Crippen LogP contribution in [0, 0.1) is 0 Å². The molecular formula is C23H22ClNO2S. The minimum atomic E-state index is -0.233. The van der Waals surface area contributed by atoms with Crippen molar-refractivity contribution in [1.82, 2.24) is 5.32 Å². The van der Waals surface area contributed by atoms with Gasteiger partial charge in [0.1, 0.15) is 5.75 Å². The van der Waals surface area contributed by atoms with Crippen LogP contribution in [0.15, 0.2) is 59.5 Å². The van der Waals surface area contributed by atoms with Gasteiger partial charge in [-0.05, 0) is 65.6 Å². The van der Waals surface area contributed by atoms with Gasteiger partial charge in [-0.3, -0.25) is 4.79 Å². The van der Waals surface area contributed by atoms with Crippen LogP contribution in [0.5, 0.6) is 5.75 Å². The third-order valence-corrected chi connectivity index (χ3v) is 6.65. The first-order chi connectivity index (χ1) is 13.5. The largest absolute Gasteiger partial charge is 0.497 e. The first-order valence-corrected chi connectivity index (χ1v) is 10.7. The minimum absolute atomic E-state index is 0.00891. The van der Waals surface area contributed by atoms with E-state index in [9.17, 15) is 4.79 Å². The zero-order valence-electron chi connectivity index (χ0n) is 15.9. The van der Waals surface area contributed by atoms with Crippen molar-refractivity contribution in [3.63, 3.8) is 0 Å². The Hall–Kier alpha value is -2.17. The first kappa shape index (κ1) is 19.2. The van der Waals surface area contributed by atoms with Gasteiger partial charge in [0.15, 0.2) is 0 Å². The van der Waals surface area contributed by atoms with Crippen LogP contribution in [0.3, 0.4) is 0 Å².